The highest BCUT2D eigenvalue weighted by molar-refractivity contribution is 5.35. The number of benzene rings is 1. The van der Waals surface area contributed by atoms with E-state index in [1.54, 1.807) is 6.07 Å². The first-order valence-electron chi connectivity index (χ1n) is 6.98. The van der Waals surface area contributed by atoms with Gasteiger partial charge in [0.2, 0.25) is 0 Å². The summed E-state index contributed by atoms with van der Waals surface area (Å²) >= 11 is 0. The quantitative estimate of drug-likeness (QED) is 0.884. The molecule has 1 heterocycles. The van der Waals surface area contributed by atoms with Gasteiger partial charge in [0, 0.05) is 30.3 Å². The van der Waals surface area contributed by atoms with Crippen molar-refractivity contribution < 1.29 is 9.50 Å². The number of piperidine rings is 1. The number of likely N-dealkylation sites (tertiary alicyclic amines) is 1. The monoisotopic (exact) mass is 266 g/mol. The summed E-state index contributed by atoms with van der Waals surface area (Å²) in [5.74, 6) is 0.182. The molecule has 0 amide bonds. The summed E-state index contributed by atoms with van der Waals surface area (Å²) in [4.78, 5) is 2.33. The average molecular weight is 266 g/mol. The Morgan fingerprint density at radius 1 is 1.53 bits per heavy atom. The van der Waals surface area contributed by atoms with E-state index >= 15 is 0 Å². The summed E-state index contributed by atoms with van der Waals surface area (Å²) in [7, 11) is 0. The largest absolute Gasteiger partial charge is 0.508 e. The van der Waals surface area contributed by atoms with Gasteiger partial charge < -0.3 is 10.8 Å². The number of phenolic OH excluding ortho intramolecular Hbond substituents is 1. The Kier molecular flexibility index (Phi) is 4.42. The maximum Gasteiger partial charge on any atom is 0.126 e. The fraction of sp³-hybridized carbons (Fsp3) is 0.600. The van der Waals surface area contributed by atoms with Crippen molar-refractivity contribution in [3.63, 3.8) is 0 Å². The van der Waals surface area contributed by atoms with Gasteiger partial charge in [0.15, 0.2) is 0 Å². The number of nitrogens with zero attached hydrogens (tertiary/aromatic N) is 1. The fourth-order valence-corrected chi connectivity index (χ4v) is 3.18. The van der Waals surface area contributed by atoms with Crippen LogP contribution in [0, 0.1) is 11.7 Å². The van der Waals surface area contributed by atoms with Crippen molar-refractivity contribution in [3.05, 3.63) is 29.6 Å². The molecule has 1 fully saturated rings. The molecule has 1 aliphatic heterocycles. The molecule has 0 bridgehead atoms. The van der Waals surface area contributed by atoms with E-state index < -0.39 is 5.82 Å². The first-order valence-corrected chi connectivity index (χ1v) is 6.98. The van der Waals surface area contributed by atoms with Crippen LogP contribution in [0.25, 0.3) is 0 Å². The highest BCUT2D eigenvalue weighted by atomic mass is 19.1. The van der Waals surface area contributed by atoms with Crippen LogP contribution in [0.15, 0.2) is 18.2 Å². The van der Waals surface area contributed by atoms with E-state index in [0.29, 0.717) is 18.5 Å². The Labute approximate surface area is 114 Å². The first-order chi connectivity index (χ1) is 9.04. The fourth-order valence-electron chi connectivity index (χ4n) is 3.18. The predicted octanol–water partition coefficient (Wildman–Crippen LogP) is 2.65. The number of hydrogen-bond donors (Lipinski definition) is 2. The second kappa shape index (κ2) is 5.88. The molecule has 1 aromatic carbocycles. The van der Waals surface area contributed by atoms with Crippen molar-refractivity contribution in [3.8, 4) is 5.75 Å². The lowest BCUT2D eigenvalue weighted by Gasteiger charge is -2.43. The maximum atomic E-state index is 13.1. The highest BCUT2D eigenvalue weighted by Crippen LogP contribution is 2.34. The predicted molar refractivity (Wildman–Crippen MR) is 74.4 cm³/mol. The lowest BCUT2D eigenvalue weighted by atomic mass is 9.88. The van der Waals surface area contributed by atoms with Crippen LogP contribution in [0.5, 0.6) is 5.75 Å². The van der Waals surface area contributed by atoms with Crippen LogP contribution >= 0.6 is 0 Å². The van der Waals surface area contributed by atoms with Crippen molar-refractivity contribution in [1.82, 2.24) is 4.90 Å². The molecule has 1 aliphatic rings. The lowest BCUT2D eigenvalue weighted by molar-refractivity contribution is 0.0679. The van der Waals surface area contributed by atoms with Gasteiger partial charge in [0.25, 0.3) is 0 Å². The van der Waals surface area contributed by atoms with Gasteiger partial charge in [0.1, 0.15) is 11.6 Å². The van der Waals surface area contributed by atoms with E-state index in [-0.39, 0.29) is 11.8 Å². The van der Waals surface area contributed by atoms with Gasteiger partial charge in [-0.25, -0.2) is 4.39 Å². The Hall–Kier alpha value is -1.13. The van der Waals surface area contributed by atoms with Crippen LogP contribution in [0.2, 0.25) is 0 Å². The van der Waals surface area contributed by atoms with Crippen LogP contribution in [-0.4, -0.2) is 29.1 Å². The molecule has 0 aromatic heterocycles. The standard InChI is InChI=1S/C15H23FN2O/c1-10-4-3-7-18(14(10)9-17)11(2)13-6-5-12(16)8-15(13)19/h5-6,8,10-11,14,19H,3-4,7,9,17H2,1-2H3. The van der Waals surface area contributed by atoms with E-state index in [9.17, 15) is 9.50 Å². The van der Waals surface area contributed by atoms with Crippen molar-refractivity contribution in [2.75, 3.05) is 13.1 Å². The summed E-state index contributed by atoms with van der Waals surface area (Å²) in [6, 6.07) is 4.62. The third-order valence-corrected chi connectivity index (χ3v) is 4.34. The highest BCUT2D eigenvalue weighted by Gasteiger charge is 2.31. The van der Waals surface area contributed by atoms with Gasteiger partial charge in [-0.05, 0) is 38.3 Å². The molecule has 19 heavy (non-hydrogen) atoms. The Morgan fingerprint density at radius 3 is 2.89 bits per heavy atom. The van der Waals surface area contributed by atoms with Crippen molar-refractivity contribution >= 4 is 0 Å². The van der Waals surface area contributed by atoms with Crippen LogP contribution in [0.3, 0.4) is 0 Å². The van der Waals surface area contributed by atoms with E-state index in [0.717, 1.165) is 18.5 Å². The van der Waals surface area contributed by atoms with Crippen molar-refractivity contribution in [2.24, 2.45) is 11.7 Å². The molecule has 3 unspecified atom stereocenters. The Bertz CT molecular complexity index is 438. The molecule has 2 rings (SSSR count). The van der Waals surface area contributed by atoms with Crippen molar-refractivity contribution in [2.45, 2.75) is 38.8 Å². The van der Waals surface area contributed by atoms with E-state index in [4.69, 9.17) is 5.73 Å². The van der Waals surface area contributed by atoms with Gasteiger partial charge in [-0.1, -0.05) is 13.0 Å². The minimum Gasteiger partial charge on any atom is -0.508 e. The number of phenols is 1. The van der Waals surface area contributed by atoms with Gasteiger partial charge in [-0.3, -0.25) is 4.90 Å². The topological polar surface area (TPSA) is 49.5 Å². The first kappa shape index (κ1) is 14.3. The molecular formula is C15H23FN2O. The number of rotatable bonds is 3. The third-order valence-electron chi connectivity index (χ3n) is 4.34. The molecule has 0 saturated carbocycles. The second-order valence-corrected chi connectivity index (χ2v) is 5.54. The molecular weight excluding hydrogens is 243 g/mol. The lowest BCUT2D eigenvalue weighted by Crippen LogP contribution is -2.49. The number of nitrogens with two attached hydrogens (primary N) is 1. The van der Waals surface area contributed by atoms with E-state index in [1.165, 1.54) is 18.6 Å². The van der Waals surface area contributed by atoms with Crippen LogP contribution in [0.1, 0.15) is 38.3 Å². The smallest absolute Gasteiger partial charge is 0.126 e. The summed E-state index contributed by atoms with van der Waals surface area (Å²) in [5, 5.41) is 9.92. The zero-order chi connectivity index (χ0) is 14.0. The van der Waals surface area contributed by atoms with E-state index in [2.05, 4.69) is 11.8 Å². The zero-order valence-corrected chi connectivity index (χ0v) is 11.6. The Morgan fingerprint density at radius 2 is 2.26 bits per heavy atom. The van der Waals surface area contributed by atoms with Crippen LogP contribution in [0.4, 0.5) is 4.39 Å². The summed E-state index contributed by atoms with van der Waals surface area (Å²) in [5.41, 5.74) is 6.67. The van der Waals surface area contributed by atoms with Gasteiger partial charge in [0.05, 0.1) is 0 Å². The summed E-state index contributed by atoms with van der Waals surface area (Å²) in [6.07, 6.45) is 2.34. The summed E-state index contributed by atoms with van der Waals surface area (Å²) in [6.45, 7) is 5.87. The number of aromatic hydroxyl groups is 1. The average Bonchev–Trinajstić information content (AvgIpc) is 2.37. The molecule has 0 spiro atoms. The minimum absolute atomic E-state index is 0.0292. The SMILES string of the molecule is CC1CCCN(C(C)c2ccc(F)cc2O)C1CN. The molecule has 1 aromatic rings. The minimum atomic E-state index is -0.407. The number of hydrogen-bond acceptors (Lipinski definition) is 3. The van der Waals surface area contributed by atoms with Crippen LogP contribution < -0.4 is 5.73 Å². The summed E-state index contributed by atoms with van der Waals surface area (Å²) < 4.78 is 13.1. The Balaban J connectivity index is 2.24. The third kappa shape index (κ3) is 2.90. The molecule has 0 radical (unpaired) electrons. The molecule has 0 aliphatic carbocycles. The zero-order valence-electron chi connectivity index (χ0n) is 11.6. The molecule has 3 atom stereocenters. The van der Waals surface area contributed by atoms with E-state index in [1.807, 2.05) is 6.92 Å². The van der Waals surface area contributed by atoms with Gasteiger partial charge in [-0.2, -0.15) is 0 Å². The normalized spacial score (nSPS) is 26.3. The molecule has 106 valence electrons. The van der Waals surface area contributed by atoms with Crippen molar-refractivity contribution in [1.29, 1.82) is 0 Å². The number of halogens is 1. The maximum absolute atomic E-state index is 13.1. The second-order valence-electron chi connectivity index (χ2n) is 5.54. The molecule has 3 nitrogen and oxygen atoms in total. The molecule has 3 N–H and O–H groups in total. The van der Waals surface area contributed by atoms with Gasteiger partial charge >= 0.3 is 0 Å². The van der Waals surface area contributed by atoms with Gasteiger partial charge in [-0.15, -0.1) is 0 Å². The molecule has 1 saturated heterocycles. The van der Waals surface area contributed by atoms with Crippen LogP contribution in [-0.2, 0) is 0 Å². The molecule has 4 heteroatoms.